The molecule has 2 N–H and O–H groups in total. The Morgan fingerprint density at radius 2 is 1.87 bits per heavy atom. The summed E-state index contributed by atoms with van der Waals surface area (Å²) in [6.07, 6.45) is 6.51. The molecule has 1 aromatic heterocycles. The van der Waals surface area contributed by atoms with E-state index in [1.165, 1.54) is 17.8 Å². The zero-order valence-electron chi connectivity index (χ0n) is 16.8. The van der Waals surface area contributed by atoms with Gasteiger partial charge in [0, 0.05) is 36.0 Å². The van der Waals surface area contributed by atoms with E-state index in [2.05, 4.69) is 15.6 Å². The minimum absolute atomic E-state index is 0.0608. The van der Waals surface area contributed by atoms with Crippen LogP contribution in [0.4, 0.5) is 5.13 Å². The highest BCUT2D eigenvalue weighted by molar-refractivity contribution is 7.13. The van der Waals surface area contributed by atoms with Gasteiger partial charge in [0.05, 0.1) is 0 Å². The molecule has 1 aromatic carbocycles. The van der Waals surface area contributed by atoms with Gasteiger partial charge in [0.2, 0.25) is 12.0 Å². The number of esters is 1. The van der Waals surface area contributed by atoms with E-state index >= 15 is 0 Å². The van der Waals surface area contributed by atoms with Gasteiger partial charge in [0.15, 0.2) is 5.13 Å². The van der Waals surface area contributed by atoms with Gasteiger partial charge < -0.3 is 15.4 Å². The highest BCUT2D eigenvalue weighted by atomic mass is 32.1. The molecule has 1 aliphatic rings. The topological polar surface area (TPSA) is 97.4 Å². The molecule has 160 valence electrons. The molecule has 2 aromatic rings. The second-order valence-corrected chi connectivity index (χ2v) is 8.26. The molecule has 2 amide bonds. The van der Waals surface area contributed by atoms with Gasteiger partial charge in [-0.25, -0.2) is 4.98 Å². The second kappa shape index (κ2) is 11.4. The van der Waals surface area contributed by atoms with Crippen molar-refractivity contribution in [2.45, 2.75) is 63.5 Å². The van der Waals surface area contributed by atoms with Crippen LogP contribution in [0.25, 0.3) is 0 Å². The van der Waals surface area contributed by atoms with E-state index in [1.807, 2.05) is 18.2 Å². The summed E-state index contributed by atoms with van der Waals surface area (Å²) in [7, 11) is 0. The lowest BCUT2D eigenvalue weighted by molar-refractivity contribution is -0.157. The van der Waals surface area contributed by atoms with E-state index in [4.69, 9.17) is 4.74 Å². The highest BCUT2D eigenvalue weighted by Gasteiger charge is 2.27. The maximum Gasteiger partial charge on any atom is 0.306 e. The predicted octanol–water partition coefficient (Wildman–Crippen LogP) is 3.99. The van der Waals surface area contributed by atoms with Crippen LogP contribution in [0.5, 0.6) is 0 Å². The largest absolute Gasteiger partial charge is 0.447 e. The van der Waals surface area contributed by atoms with E-state index in [-0.39, 0.29) is 30.7 Å². The number of hydrogen-bond donors (Lipinski definition) is 2. The number of rotatable bonds is 9. The minimum Gasteiger partial charge on any atom is -0.447 e. The highest BCUT2D eigenvalue weighted by Crippen LogP contribution is 2.22. The number of ether oxygens (including phenoxy) is 1. The molecule has 7 nitrogen and oxygen atoms in total. The summed E-state index contributed by atoms with van der Waals surface area (Å²) in [5.74, 6) is -0.986. The van der Waals surface area contributed by atoms with Crippen molar-refractivity contribution in [3.63, 3.8) is 0 Å². The summed E-state index contributed by atoms with van der Waals surface area (Å²) in [6, 6.07) is 9.16. The number of nitrogens with one attached hydrogen (secondary N) is 2. The Morgan fingerprint density at radius 1 is 1.10 bits per heavy atom. The molecule has 1 aliphatic carbocycles. The van der Waals surface area contributed by atoms with Gasteiger partial charge in [0.1, 0.15) is 0 Å². The molecule has 1 saturated carbocycles. The Balaban J connectivity index is 1.51. The standard InChI is InChI=1S/C22H27N3O4S/c26-18(25-22-23-14-15-30-22)12-7-13-19(27)29-20(16-8-3-1-4-9-16)21(28)24-17-10-5-2-6-11-17/h1,3-4,8-9,14-15,17,20H,2,5-7,10-13H2,(H,24,28)(H,23,25,26). The zero-order valence-corrected chi connectivity index (χ0v) is 17.7. The van der Waals surface area contributed by atoms with Gasteiger partial charge in [-0.15, -0.1) is 11.3 Å². The smallest absolute Gasteiger partial charge is 0.306 e. The first-order valence-electron chi connectivity index (χ1n) is 10.4. The molecule has 0 radical (unpaired) electrons. The average Bonchev–Trinajstić information content (AvgIpc) is 3.26. The van der Waals surface area contributed by atoms with Gasteiger partial charge in [-0.2, -0.15) is 0 Å². The minimum atomic E-state index is -0.982. The molecule has 0 spiro atoms. The van der Waals surface area contributed by atoms with Gasteiger partial charge in [-0.3, -0.25) is 14.4 Å². The van der Waals surface area contributed by atoms with E-state index < -0.39 is 12.1 Å². The first-order valence-corrected chi connectivity index (χ1v) is 11.2. The second-order valence-electron chi connectivity index (χ2n) is 7.36. The Morgan fingerprint density at radius 3 is 2.57 bits per heavy atom. The molecule has 1 fully saturated rings. The zero-order chi connectivity index (χ0) is 21.2. The molecule has 8 heteroatoms. The van der Waals surface area contributed by atoms with E-state index in [0.29, 0.717) is 17.1 Å². The lowest BCUT2D eigenvalue weighted by Crippen LogP contribution is -2.40. The molecule has 30 heavy (non-hydrogen) atoms. The van der Waals surface area contributed by atoms with Crippen molar-refractivity contribution in [2.24, 2.45) is 0 Å². The summed E-state index contributed by atoms with van der Waals surface area (Å²) >= 11 is 1.34. The van der Waals surface area contributed by atoms with Gasteiger partial charge >= 0.3 is 5.97 Å². The van der Waals surface area contributed by atoms with Crippen molar-refractivity contribution in [2.75, 3.05) is 5.32 Å². The number of amides is 2. The van der Waals surface area contributed by atoms with Crippen LogP contribution in [0.3, 0.4) is 0 Å². The number of carbonyl (C=O) groups excluding carboxylic acids is 3. The number of hydrogen-bond acceptors (Lipinski definition) is 6. The fraction of sp³-hybridized carbons (Fsp3) is 0.455. The summed E-state index contributed by atoms with van der Waals surface area (Å²) in [6.45, 7) is 0. The van der Waals surface area contributed by atoms with Gasteiger partial charge in [0.25, 0.3) is 5.91 Å². The Hall–Kier alpha value is -2.74. The molecule has 1 unspecified atom stereocenters. The molecule has 0 aliphatic heterocycles. The molecule has 1 atom stereocenters. The van der Waals surface area contributed by atoms with Gasteiger partial charge in [-0.05, 0) is 19.3 Å². The third-order valence-corrected chi connectivity index (χ3v) is 5.69. The fourth-order valence-electron chi connectivity index (χ4n) is 3.48. The van der Waals surface area contributed by atoms with Crippen LogP contribution in [0.1, 0.15) is 63.0 Å². The fourth-order valence-corrected chi connectivity index (χ4v) is 4.02. The predicted molar refractivity (Wildman–Crippen MR) is 115 cm³/mol. The van der Waals surface area contributed by atoms with Gasteiger partial charge in [-0.1, -0.05) is 49.6 Å². The lowest BCUT2D eigenvalue weighted by atomic mass is 9.95. The third-order valence-electron chi connectivity index (χ3n) is 5.00. The molecule has 1 heterocycles. The van der Waals surface area contributed by atoms with Crippen LogP contribution in [0, 0.1) is 0 Å². The van der Waals surface area contributed by atoms with E-state index in [9.17, 15) is 14.4 Å². The maximum atomic E-state index is 12.8. The van der Waals surface area contributed by atoms with E-state index in [0.717, 1.165) is 25.7 Å². The van der Waals surface area contributed by atoms with Crippen molar-refractivity contribution in [1.29, 1.82) is 0 Å². The summed E-state index contributed by atoms with van der Waals surface area (Å²) in [5, 5.41) is 8.02. The number of aromatic nitrogens is 1. The number of nitrogens with zero attached hydrogens (tertiary/aromatic N) is 1. The van der Waals surface area contributed by atoms with E-state index in [1.54, 1.807) is 23.7 Å². The van der Waals surface area contributed by atoms with Crippen LogP contribution < -0.4 is 10.6 Å². The molecular formula is C22H27N3O4S. The van der Waals surface area contributed by atoms with Crippen LogP contribution >= 0.6 is 11.3 Å². The summed E-state index contributed by atoms with van der Waals surface area (Å²) in [5.41, 5.74) is 0.640. The van der Waals surface area contributed by atoms with Crippen molar-refractivity contribution >= 4 is 34.3 Å². The quantitative estimate of drug-likeness (QED) is 0.588. The van der Waals surface area contributed by atoms with Crippen LogP contribution in [0.15, 0.2) is 41.9 Å². The lowest BCUT2D eigenvalue weighted by Gasteiger charge is -2.25. The monoisotopic (exact) mass is 429 g/mol. The van der Waals surface area contributed by atoms with Crippen LogP contribution in [-0.4, -0.2) is 28.8 Å². The Bertz CT molecular complexity index is 820. The molecule has 3 rings (SSSR count). The Labute approximate surface area is 180 Å². The normalized spacial score (nSPS) is 15.2. The first-order chi connectivity index (χ1) is 14.6. The molecule has 0 saturated heterocycles. The van der Waals surface area contributed by atoms with Crippen molar-refractivity contribution in [3.05, 3.63) is 47.5 Å². The molecule has 0 bridgehead atoms. The number of benzene rings is 1. The summed E-state index contributed by atoms with van der Waals surface area (Å²) in [4.78, 5) is 41.1. The van der Waals surface area contributed by atoms with Crippen LogP contribution in [-0.2, 0) is 19.1 Å². The van der Waals surface area contributed by atoms with Crippen molar-refractivity contribution in [1.82, 2.24) is 10.3 Å². The van der Waals surface area contributed by atoms with Crippen LogP contribution in [0.2, 0.25) is 0 Å². The average molecular weight is 430 g/mol. The first kappa shape index (κ1) is 22.0. The SMILES string of the molecule is O=C(CCCC(=O)OC(C(=O)NC1CCCCC1)c1ccccc1)Nc1nccs1. The number of carbonyl (C=O) groups is 3. The van der Waals surface area contributed by atoms with Crippen molar-refractivity contribution < 1.29 is 19.1 Å². The molecular weight excluding hydrogens is 402 g/mol. The Kier molecular flexibility index (Phi) is 8.38. The maximum absolute atomic E-state index is 12.8. The number of anilines is 1. The third kappa shape index (κ3) is 6.95. The number of thiazole rings is 1. The summed E-state index contributed by atoms with van der Waals surface area (Å²) < 4.78 is 5.53. The van der Waals surface area contributed by atoms with Crippen molar-refractivity contribution in [3.8, 4) is 0 Å².